The molecule has 2 unspecified atom stereocenters. The molecule has 1 amide bonds. The molecular weight excluding hydrogens is 296 g/mol. The number of aliphatic hydroxyl groups is 1. The lowest BCUT2D eigenvalue weighted by atomic mass is 10.1. The molecular formula is C17H22N2O4. The number of benzene rings is 1. The van der Waals surface area contributed by atoms with Gasteiger partial charge in [-0.15, -0.1) is 0 Å². The Balaban J connectivity index is 2.03. The van der Waals surface area contributed by atoms with Crippen LogP contribution in [0.3, 0.4) is 0 Å². The van der Waals surface area contributed by atoms with Crippen molar-refractivity contribution in [3.05, 3.63) is 47.9 Å². The number of rotatable bonds is 7. The van der Waals surface area contributed by atoms with E-state index in [0.717, 1.165) is 5.56 Å². The molecule has 6 nitrogen and oxygen atoms in total. The summed E-state index contributed by atoms with van der Waals surface area (Å²) in [5.74, 6) is 0.972. The summed E-state index contributed by atoms with van der Waals surface area (Å²) < 4.78 is 10.4. The highest BCUT2D eigenvalue weighted by Gasteiger charge is 2.14. The molecule has 1 aromatic heterocycles. The molecule has 2 rings (SSSR count). The summed E-state index contributed by atoms with van der Waals surface area (Å²) in [7, 11) is 1.56. The quantitative estimate of drug-likeness (QED) is 0.731. The molecule has 0 aliphatic carbocycles. The zero-order valence-corrected chi connectivity index (χ0v) is 13.5. The van der Waals surface area contributed by atoms with Gasteiger partial charge in [0.15, 0.2) is 0 Å². The van der Waals surface area contributed by atoms with Gasteiger partial charge in [-0.1, -0.05) is 6.07 Å². The van der Waals surface area contributed by atoms with Crippen LogP contribution in [0, 0.1) is 0 Å². The highest BCUT2D eigenvalue weighted by molar-refractivity contribution is 5.90. The Kier molecular flexibility index (Phi) is 5.78. The van der Waals surface area contributed by atoms with E-state index >= 15 is 0 Å². The van der Waals surface area contributed by atoms with Crippen molar-refractivity contribution < 1.29 is 19.1 Å². The van der Waals surface area contributed by atoms with E-state index in [1.807, 2.05) is 25.1 Å². The average molecular weight is 318 g/mol. The molecule has 1 heterocycles. The molecule has 0 aliphatic rings. The number of carbonyl (C=O) groups is 1. The molecule has 23 heavy (non-hydrogen) atoms. The normalized spacial score (nSPS) is 13.4. The van der Waals surface area contributed by atoms with Crippen molar-refractivity contribution in [1.82, 2.24) is 5.32 Å². The van der Waals surface area contributed by atoms with Gasteiger partial charge in [0, 0.05) is 19.5 Å². The van der Waals surface area contributed by atoms with E-state index in [9.17, 15) is 9.90 Å². The predicted molar refractivity (Wildman–Crippen MR) is 87.4 cm³/mol. The third kappa shape index (κ3) is 4.58. The molecule has 0 radical (unpaired) electrons. The van der Waals surface area contributed by atoms with Crippen LogP contribution in [-0.4, -0.2) is 24.7 Å². The van der Waals surface area contributed by atoms with Crippen molar-refractivity contribution in [2.75, 3.05) is 19.0 Å². The molecule has 0 saturated carbocycles. The summed E-state index contributed by atoms with van der Waals surface area (Å²) in [6, 6.07) is 9.04. The van der Waals surface area contributed by atoms with Crippen LogP contribution < -0.4 is 15.4 Å². The van der Waals surface area contributed by atoms with Gasteiger partial charge in [-0.05, 0) is 36.8 Å². The van der Waals surface area contributed by atoms with Crippen LogP contribution in [-0.2, 0) is 4.79 Å². The van der Waals surface area contributed by atoms with Crippen LogP contribution in [0.15, 0.2) is 41.0 Å². The molecule has 1 aromatic carbocycles. The predicted octanol–water partition coefficient (Wildman–Crippen LogP) is 2.63. The number of amides is 1. The Morgan fingerprint density at radius 2 is 2.17 bits per heavy atom. The van der Waals surface area contributed by atoms with Crippen molar-refractivity contribution in [2.24, 2.45) is 0 Å². The van der Waals surface area contributed by atoms with Crippen LogP contribution in [0.5, 0.6) is 5.75 Å². The molecule has 124 valence electrons. The summed E-state index contributed by atoms with van der Waals surface area (Å²) in [5, 5.41) is 16.0. The Bertz CT molecular complexity index is 640. The third-order valence-electron chi connectivity index (χ3n) is 3.52. The molecule has 3 N–H and O–H groups in total. The lowest BCUT2D eigenvalue weighted by molar-refractivity contribution is -0.114. The topological polar surface area (TPSA) is 83.7 Å². The number of hydrogen-bond donors (Lipinski definition) is 3. The number of hydrogen-bond acceptors (Lipinski definition) is 5. The number of nitrogens with one attached hydrogen (secondary N) is 2. The second-order valence-electron chi connectivity index (χ2n) is 5.30. The first-order chi connectivity index (χ1) is 11.0. The first-order valence-corrected chi connectivity index (χ1v) is 7.41. The minimum Gasteiger partial charge on any atom is -0.495 e. The van der Waals surface area contributed by atoms with E-state index in [0.29, 0.717) is 23.7 Å². The Morgan fingerprint density at radius 1 is 1.39 bits per heavy atom. The highest BCUT2D eigenvalue weighted by atomic mass is 16.5. The maximum Gasteiger partial charge on any atom is 0.221 e. The molecule has 0 fully saturated rings. The summed E-state index contributed by atoms with van der Waals surface area (Å²) in [5.41, 5.74) is 1.60. The SMILES string of the molecule is COc1ccc(C(C)NCC(O)c2ccco2)cc1NC(C)=O. The average Bonchev–Trinajstić information content (AvgIpc) is 3.06. The van der Waals surface area contributed by atoms with Crippen molar-refractivity contribution in [3.63, 3.8) is 0 Å². The van der Waals surface area contributed by atoms with Crippen LogP contribution in [0.2, 0.25) is 0 Å². The van der Waals surface area contributed by atoms with E-state index in [4.69, 9.17) is 9.15 Å². The monoisotopic (exact) mass is 318 g/mol. The number of aliphatic hydroxyl groups excluding tert-OH is 1. The molecule has 2 atom stereocenters. The summed E-state index contributed by atoms with van der Waals surface area (Å²) >= 11 is 0. The Labute approximate surface area is 135 Å². The lowest BCUT2D eigenvalue weighted by Crippen LogP contribution is -2.24. The van der Waals surface area contributed by atoms with Gasteiger partial charge in [-0.3, -0.25) is 4.79 Å². The molecule has 0 bridgehead atoms. The van der Waals surface area contributed by atoms with E-state index in [1.54, 1.807) is 19.2 Å². The minimum atomic E-state index is -0.708. The standard InChI is InChI=1S/C17H22N2O4/c1-11(18-10-15(21)17-5-4-8-23-17)13-6-7-16(22-3)14(9-13)19-12(2)20/h4-9,11,15,18,21H,10H2,1-3H3,(H,19,20). The van der Waals surface area contributed by atoms with E-state index in [1.165, 1.54) is 13.2 Å². The van der Waals surface area contributed by atoms with Crippen LogP contribution in [0.1, 0.15) is 37.3 Å². The maximum atomic E-state index is 11.3. The van der Waals surface area contributed by atoms with Crippen molar-refractivity contribution in [3.8, 4) is 5.75 Å². The molecule has 2 aromatic rings. The van der Waals surface area contributed by atoms with Gasteiger partial charge in [-0.2, -0.15) is 0 Å². The lowest BCUT2D eigenvalue weighted by Gasteiger charge is -2.18. The summed E-state index contributed by atoms with van der Waals surface area (Å²) in [4.78, 5) is 11.3. The van der Waals surface area contributed by atoms with E-state index < -0.39 is 6.10 Å². The number of anilines is 1. The van der Waals surface area contributed by atoms with Gasteiger partial charge >= 0.3 is 0 Å². The van der Waals surface area contributed by atoms with E-state index in [2.05, 4.69) is 10.6 Å². The van der Waals surface area contributed by atoms with E-state index in [-0.39, 0.29) is 11.9 Å². The highest BCUT2D eigenvalue weighted by Crippen LogP contribution is 2.28. The molecule has 0 spiro atoms. The van der Waals surface area contributed by atoms with Crippen molar-refractivity contribution in [1.29, 1.82) is 0 Å². The number of furan rings is 1. The van der Waals surface area contributed by atoms with Gasteiger partial charge in [0.05, 0.1) is 19.1 Å². The fraction of sp³-hybridized carbons (Fsp3) is 0.353. The fourth-order valence-corrected chi connectivity index (χ4v) is 2.27. The molecule has 0 aliphatic heterocycles. The molecule has 0 saturated heterocycles. The molecule has 6 heteroatoms. The second kappa shape index (κ2) is 7.80. The number of methoxy groups -OCH3 is 1. The van der Waals surface area contributed by atoms with Crippen LogP contribution >= 0.6 is 0 Å². The van der Waals surface area contributed by atoms with Crippen molar-refractivity contribution >= 4 is 11.6 Å². The first kappa shape index (κ1) is 17.1. The van der Waals surface area contributed by atoms with Gasteiger partial charge in [0.25, 0.3) is 0 Å². The zero-order valence-electron chi connectivity index (χ0n) is 13.5. The van der Waals surface area contributed by atoms with Gasteiger partial charge < -0.3 is 24.9 Å². The van der Waals surface area contributed by atoms with Crippen molar-refractivity contribution in [2.45, 2.75) is 26.0 Å². The maximum absolute atomic E-state index is 11.3. The first-order valence-electron chi connectivity index (χ1n) is 7.41. The smallest absolute Gasteiger partial charge is 0.221 e. The Morgan fingerprint density at radius 3 is 2.78 bits per heavy atom. The van der Waals surface area contributed by atoms with Gasteiger partial charge in [0.2, 0.25) is 5.91 Å². The van der Waals surface area contributed by atoms with Crippen LogP contribution in [0.25, 0.3) is 0 Å². The largest absolute Gasteiger partial charge is 0.495 e. The summed E-state index contributed by atoms with van der Waals surface area (Å²) in [6.45, 7) is 3.79. The fourth-order valence-electron chi connectivity index (χ4n) is 2.27. The van der Waals surface area contributed by atoms with Gasteiger partial charge in [0.1, 0.15) is 17.6 Å². The Hall–Kier alpha value is -2.31. The zero-order chi connectivity index (χ0) is 16.8. The third-order valence-corrected chi connectivity index (χ3v) is 3.52. The van der Waals surface area contributed by atoms with Gasteiger partial charge in [-0.25, -0.2) is 0 Å². The second-order valence-corrected chi connectivity index (χ2v) is 5.30. The number of ether oxygens (including phenoxy) is 1. The number of carbonyl (C=O) groups excluding carboxylic acids is 1. The summed E-state index contributed by atoms with van der Waals surface area (Å²) in [6.07, 6.45) is 0.825. The minimum absolute atomic E-state index is 0.0157. The van der Waals surface area contributed by atoms with Crippen LogP contribution in [0.4, 0.5) is 5.69 Å².